The van der Waals surface area contributed by atoms with Crippen LogP contribution in [0, 0.1) is 0 Å². The third kappa shape index (κ3) is 3.02. The van der Waals surface area contributed by atoms with E-state index in [0.29, 0.717) is 17.3 Å². The molecule has 2 aromatic heterocycles. The maximum absolute atomic E-state index is 12.7. The third-order valence-electron chi connectivity index (χ3n) is 4.34. The van der Waals surface area contributed by atoms with Gasteiger partial charge in [0, 0.05) is 5.56 Å². The topological polar surface area (TPSA) is 80.0 Å². The van der Waals surface area contributed by atoms with Crippen LogP contribution in [0.5, 0.6) is 11.5 Å². The van der Waals surface area contributed by atoms with E-state index in [0.717, 1.165) is 29.7 Å². The summed E-state index contributed by atoms with van der Waals surface area (Å²) in [6, 6.07) is 4.80. The first-order valence-corrected chi connectivity index (χ1v) is 8.41. The van der Waals surface area contributed by atoms with Gasteiger partial charge in [-0.3, -0.25) is 4.79 Å². The molecular formula is C18H17F2N3O3. The van der Waals surface area contributed by atoms with Crippen molar-refractivity contribution in [2.24, 2.45) is 0 Å². The van der Waals surface area contributed by atoms with Crippen molar-refractivity contribution in [2.45, 2.75) is 38.9 Å². The molecular weight excluding hydrogens is 344 g/mol. The fourth-order valence-corrected chi connectivity index (χ4v) is 3.04. The molecule has 0 unspecified atom stereocenters. The Kier molecular flexibility index (Phi) is 4.10. The summed E-state index contributed by atoms with van der Waals surface area (Å²) in [7, 11) is 0. The number of hydrogen-bond donors (Lipinski definition) is 2. The number of aryl methyl sites for hydroxylation is 1. The van der Waals surface area contributed by atoms with E-state index in [4.69, 9.17) is 4.74 Å². The Morgan fingerprint density at radius 3 is 2.81 bits per heavy atom. The molecule has 3 aromatic rings. The molecule has 4 rings (SSSR count). The molecule has 2 N–H and O–H groups in total. The fraction of sp³-hybridized carbons (Fsp3) is 0.333. The zero-order valence-corrected chi connectivity index (χ0v) is 14.0. The van der Waals surface area contributed by atoms with E-state index in [-0.39, 0.29) is 23.2 Å². The van der Waals surface area contributed by atoms with Gasteiger partial charge in [0.05, 0.1) is 28.9 Å². The number of halogens is 2. The third-order valence-corrected chi connectivity index (χ3v) is 4.34. The van der Waals surface area contributed by atoms with Crippen LogP contribution in [0.1, 0.15) is 25.3 Å². The van der Waals surface area contributed by atoms with Gasteiger partial charge in [-0.1, -0.05) is 6.92 Å². The molecule has 0 aliphatic heterocycles. The average Bonchev–Trinajstić information content (AvgIpc) is 3.33. The lowest BCUT2D eigenvalue weighted by molar-refractivity contribution is -0.0516. The highest BCUT2D eigenvalue weighted by molar-refractivity contribution is 5.89. The van der Waals surface area contributed by atoms with E-state index in [2.05, 4.69) is 19.9 Å². The second kappa shape index (κ2) is 6.44. The summed E-state index contributed by atoms with van der Waals surface area (Å²) in [6.07, 6.45) is 4.00. The van der Waals surface area contributed by atoms with Crippen molar-refractivity contribution in [1.82, 2.24) is 15.2 Å². The molecule has 0 bridgehead atoms. The molecule has 0 radical (unpaired) electrons. The lowest BCUT2D eigenvalue weighted by Crippen LogP contribution is -2.07. The van der Waals surface area contributed by atoms with Crippen molar-refractivity contribution in [3.63, 3.8) is 0 Å². The van der Waals surface area contributed by atoms with Gasteiger partial charge in [-0.2, -0.15) is 13.9 Å². The molecule has 1 fully saturated rings. The summed E-state index contributed by atoms with van der Waals surface area (Å²) in [6.45, 7) is -0.978. The molecule has 0 amide bonds. The zero-order chi connectivity index (χ0) is 18.3. The van der Waals surface area contributed by atoms with Gasteiger partial charge in [0.1, 0.15) is 0 Å². The van der Waals surface area contributed by atoms with Gasteiger partial charge in [-0.25, -0.2) is 5.10 Å². The lowest BCUT2D eigenvalue weighted by Gasteiger charge is -2.13. The van der Waals surface area contributed by atoms with Crippen LogP contribution < -0.4 is 15.0 Å². The van der Waals surface area contributed by atoms with Crippen LogP contribution in [-0.4, -0.2) is 27.9 Å². The summed E-state index contributed by atoms with van der Waals surface area (Å²) < 4.78 is 35.6. The lowest BCUT2D eigenvalue weighted by atomic mass is 10.0. The molecule has 6 nitrogen and oxygen atoms in total. The van der Waals surface area contributed by atoms with E-state index in [1.807, 2.05) is 6.92 Å². The Morgan fingerprint density at radius 2 is 2.12 bits per heavy atom. The smallest absolute Gasteiger partial charge is 0.387 e. The monoisotopic (exact) mass is 361 g/mol. The molecule has 8 heteroatoms. The first kappa shape index (κ1) is 16.6. The van der Waals surface area contributed by atoms with E-state index in [1.165, 1.54) is 6.07 Å². The number of nitrogens with one attached hydrogen (secondary N) is 2. The van der Waals surface area contributed by atoms with Gasteiger partial charge < -0.3 is 14.5 Å². The predicted molar refractivity (Wildman–Crippen MR) is 91.8 cm³/mol. The highest BCUT2D eigenvalue weighted by Gasteiger charge is 2.26. The van der Waals surface area contributed by atoms with Crippen LogP contribution >= 0.6 is 0 Å². The van der Waals surface area contributed by atoms with Gasteiger partial charge in [0.15, 0.2) is 11.5 Å². The Bertz CT molecular complexity index is 1010. The minimum Gasteiger partial charge on any atom is -0.487 e. The Balaban J connectivity index is 1.83. The number of nitrogens with zero attached hydrogens (tertiary/aromatic N) is 1. The van der Waals surface area contributed by atoms with Crippen molar-refractivity contribution in [1.29, 1.82) is 0 Å². The number of alkyl halides is 2. The van der Waals surface area contributed by atoms with Crippen LogP contribution in [0.3, 0.4) is 0 Å². The van der Waals surface area contributed by atoms with Crippen molar-refractivity contribution < 1.29 is 18.3 Å². The summed E-state index contributed by atoms with van der Waals surface area (Å²) in [5.41, 5.74) is 2.66. The Labute approximate surface area is 147 Å². The second-order valence-electron chi connectivity index (χ2n) is 6.18. The zero-order valence-electron chi connectivity index (χ0n) is 14.0. The van der Waals surface area contributed by atoms with E-state index >= 15 is 0 Å². The van der Waals surface area contributed by atoms with Crippen LogP contribution in [-0.2, 0) is 6.42 Å². The fourth-order valence-electron chi connectivity index (χ4n) is 3.04. The quantitative estimate of drug-likeness (QED) is 0.703. The van der Waals surface area contributed by atoms with Crippen LogP contribution in [0.15, 0.2) is 29.2 Å². The number of aromatic nitrogens is 3. The molecule has 2 heterocycles. The molecule has 1 aliphatic rings. The SMILES string of the molecule is CCc1c(-c2ccc(OC(F)F)c(OC3CC3)c2)[nH]c2cn[nH]c(=O)c12. The van der Waals surface area contributed by atoms with Crippen LogP contribution in [0.25, 0.3) is 22.2 Å². The highest BCUT2D eigenvalue weighted by atomic mass is 19.3. The number of rotatable bonds is 6. The van der Waals surface area contributed by atoms with Gasteiger partial charge in [-0.05, 0) is 43.0 Å². The molecule has 136 valence electrons. The van der Waals surface area contributed by atoms with Gasteiger partial charge in [0.2, 0.25) is 0 Å². The first-order valence-electron chi connectivity index (χ1n) is 8.41. The summed E-state index contributed by atoms with van der Waals surface area (Å²) in [5, 5.41) is 6.80. The minimum atomic E-state index is -2.92. The normalized spacial score (nSPS) is 14.2. The van der Waals surface area contributed by atoms with Crippen molar-refractivity contribution in [3.05, 3.63) is 40.3 Å². The minimum absolute atomic E-state index is 0.00400. The number of ether oxygens (including phenoxy) is 2. The summed E-state index contributed by atoms with van der Waals surface area (Å²) in [4.78, 5) is 15.3. The molecule has 1 saturated carbocycles. The van der Waals surface area contributed by atoms with Gasteiger partial charge >= 0.3 is 6.61 Å². The largest absolute Gasteiger partial charge is 0.487 e. The number of aromatic amines is 2. The van der Waals surface area contributed by atoms with Crippen molar-refractivity contribution in [2.75, 3.05) is 0 Å². The number of fused-ring (bicyclic) bond motifs is 1. The molecule has 0 saturated heterocycles. The molecule has 1 aliphatic carbocycles. The molecule has 1 aromatic carbocycles. The van der Waals surface area contributed by atoms with E-state index < -0.39 is 6.61 Å². The van der Waals surface area contributed by atoms with E-state index in [9.17, 15) is 13.6 Å². The van der Waals surface area contributed by atoms with Gasteiger partial charge in [-0.15, -0.1) is 0 Å². The average molecular weight is 361 g/mol. The Morgan fingerprint density at radius 1 is 1.31 bits per heavy atom. The molecule has 0 atom stereocenters. The highest BCUT2D eigenvalue weighted by Crippen LogP contribution is 2.39. The summed E-state index contributed by atoms with van der Waals surface area (Å²) in [5.74, 6) is 0.280. The summed E-state index contributed by atoms with van der Waals surface area (Å²) >= 11 is 0. The first-order chi connectivity index (χ1) is 12.6. The second-order valence-corrected chi connectivity index (χ2v) is 6.18. The molecule has 26 heavy (non-hydrogen) atoms. The standard InChI is InChI=1S/C18H17F2N3O3/c1-2-11-15-12(8-21-23-17(15)24)22-16(11)9-3-6-13(26-18(19)20)14(7-9)25-10-4-5-10/h3,6-8,10,18,22H,2,4-5H2,1H3,(H,23,24). The number of benzene rings is 1. The van der Waals surface area contributed by atoms with E-state index in [1.54, 1.807) is 18.3 Å². The number of hydrogen-bond acceptors (Lipinski definition) is 4. The predicted octanol–water partition coefficient (Wildman–Crippen LogP) is 3.62. The van der Waals surface area contributed by atoms with Crippen LogP contribution in [0.4, 0.5) is 8.78 Å². The maximum Gasteiger partial charge on any atom is 0.387 e. The van der Waals surface area contributed by atoms with Crippen molar-refractivity contribution in [3.8, 4) is 22.8 Å². The molecule has 0 spiro atoms. The van der Waals surface area contributed by atoms with Crippen molar-refractivity contribution >= 4 is 10.9 Å². The van der Waals surface area contributed by atoms with Gasteiger partial charge in [0.25, 0.3) is 5.56 Å². The Hall–Kier alpha value is -2.90. The maximum atomic E-state index is 12.7. The number of H-pyrrole nitrogens is 2. The van der Waals surface area contributed by atoms with Crippen LogP contribution in [0.2, 0.25) is 0 Å².